The number of ketones is 1. The molecular weight excluding hydrogens is 384 g/mol. The monoisotopic (exact) mass is 422 g/mol. The predicted octanol–water partition coefficient (Wildman–Crippen LogP) is 5.13. The number of hydrogen-bond acceptors (Lipinski definition) is 6. The van der Waals surface area contributed by atoms with E-state index in [1.807, 2.05) is 6.07 Å². The lowest BCUT2D eigenvalue weighted by Gasteiger charge is -2.12. The summed E-state index contributed by atoms with van der Waals surface area (Å²) in [6.45, 7) is 2.40. The SMILES string of the molecule is CCCCCCCCCC(O)CC(=O)/C=C/c1ccc(OCOC)c(OCOC)c1. The number of benzene rings is 1. The van der Waals surface area contributed by atoms with Crippen LogP contribution >= 0.6 is 0 Å². The fourth-order valence-electron chi connectivity index (χ4n) is 3.03. The summed E-state index contributed by atoms with van der Waals surface area (Å²) in [5.74, 6) is 0.939. The molecule has 0 saturated heterocycles. The Morgan fingerprint density at radius 1 is 0.967 bits per heavy atom. The molecule has 1 atom stereocenters. The summed E-state index contributed by atoms with van der Waals surface area (Å²) in [6.07, 6.45) is 11.8. The number of aliphatic hydroxyl groups is 1. The zero-order valence-electron chi connectivity index (χ0n) is 18.7. The van der Waals surface area contributed by atoms with Crippen LogP contribution in [0.2, 0.25) is 0 Å². The molecule has 0 saturated carbocycles. The first kappa shape index (κ1) is 26.1. The topological polar surface area (TPSA) is 74.2 Å². The van der Waals surface area contributed by atoms with Crippen LogP contribution in [0.15, 0.2) is 24.3 Å². The minimum atomic E-state index is -0.580. The Labute approximate surface area is 181 Å². The summed E-state index contributed by atoms with van der Waals surface area (Å²) in [5.41, 5.74) is 0.792. The minimum Gasteiger partial charge on any atom is -0.464 e. The Morgan fingerprint density at radius 3 is 2.27 bits per heavy atom. The van der Waals surface area contributed by atoms with Crippen molar-refractivity contribution in [1.29, 1.82) is 0 Å². The van der Waals surface area contributed by atoms with Crippen molar-refractivity contribution < 1.29 is 28.8 Å². The summed E-state index contributed by atoms with van der Waals surface area (Å²) in [5, 5.41) is 10.1. The normalized spacial score (nSPS) is 12.3. The molecule has 1 unspecified atom stereocenters. The second kappa shape index (κ2) is 16.9. The second-order valence-corrected chi connectivity index (χ2v) is 7.38. The molecule has 0 spiro atoms. The number of rotatable bonds is 18. The van der Waals surface area contributed by atoms with Crippen LogP contribution in [0.5, 0.6) is 11.5 Å². The van der Waals surface area contributed by atoms with Gasteiger partial charge in [0.15, 0.2) is 30.9 Å². The lowest BCUT2D eigenvalue weighted by Crippen LogP contribution is -2.11. The van der Waals surface area contributed by atoms with E-state index in [0.717, 1.165) is 18.4 Å². The number of carbonyl (C=O) groups excluding carboxylic acids is 1. The van der Waals surface area contributed by atoms with E-state index in [4.69, 9.17) is 18.9 Å². The van der Waals surface area contributed by atoms with Crippen molar-refractivity contribution in [3.63, 3.8) is 0 Å². The molecule has 6 heteroatoms. The zero-order chi connectivity index (χ0) is 22.0. The van der Waals surface area contributed by atoms with Gasteiger partial charge in [-0.2, -0.15) is 0 Å². The highest BCUT2D eigenvalue weighted by atomic mass is 16.7. The van der Waals surface area contributed by atoms with Crippen molar-refractivity contribution in [2.24, 2.45) is 0 Å². The third kappa shape index (κ3) is 12.0. The standard InChI is InChI=1S/C24H38O6/c1-4-5-6-7-8-9-10-11-21(25)17-22(26)14-12-20-13-15-23(29-18-27-2)24(16-20)30-19-28-3/h12-16,21,25H,4-11,17-19H2,1-3H3/b14-12+. The van der Waals surface area contributed by atoms with Gasteiger partial charge in [-0.05, 0) is 30.2 Å². The first-order chi connectivity index (χ1) is 14.6. The molecule has 0 fully saturated rings. The maximum absolute atomic E-state index is 12.2. The molecule has 1 N–H and O–H groups in total. The number of aliphatic hydroxyl groups excluding tert-OH is 1. The number of hydrogen-bond donors (Lipinski definition) is 1. The number of allylic oxidation sites excluding steroid dienone is 1. The lowest BCUT2D eigenvalue weighted by molar-refractivity contribution is -0.116. The quantitative estimate of drug-likeness (QED) is 0.201. The van der Waals surface area contributed by atoms with Gasteiger partial charge in [0.2, 0.25) is 0 Å². The van der Waals surface area contributed by atoms with Crippen LogP contribution in [0.25, 0.3) is 6.08 Å². The highest BCUT2D eigenvalue weighted by molar-refractivity contribution is 5.93. The Morgan fingerprint density at radius 2 is 1.60 bits per heavy atom. The van der Waals surface area contributed by atoms with Gasteiger partial charge in [0.25, 0.3) is 0 Å². The van der Waals surface area contributed by atoms with Crippen LogP contribution in [0.3, 0.4) is 0 Å². The smallest absolute Gasteiger partial charge is 0.188 e. The first-order valence-electron chi connectivity index (χ1n) is 10.9. The number of unbranched alkanes of at least 4 members (excludes halogenated alkanes) is 6. The van der Waals surface area contributed by atoms with Gasteiger partial charge in [-0.1, -0.05) is 64.0 Å². The Hall–Kier alpha value is -1.89. The molecule has 0 aliphatic heterocycles. The first-order valence-corrected chi connectivity index (χ1v) is 10.9. The molecule has 0 heterocycles. The van der Waals surface area contributed by atoms with Gasteiger partial charge < -0.3 is 24.1 Å². The average Bonchev–Trinajstić information content (AvgIpc) is 2.74. The van der Waals surface area contributed by atoms with Gasteiger partial charge in [-0.15, -0.1) is 0 Å². The summed E-state index contributed by atoms with van der Waals surface area (Å²) in [7, 11) is 3.08. The molecule has 1 aromatic carbocycles. The fourth-order valence-corrected chi connectivity index (χ4v) is 3.03. The molecular formula is C24H38O6. The van der Waals surface area contributed by atoms with Gasteiger partial charge in [-0.25, -0.2) is 0 Å². The minimum absolute atomic E-state index is 0.0836. The lowest BCUT2D eigenvalue weighted by atomic mass is 10.0. The molecule has 170 valence electrons. The summed E-state index contributed by atoms with van der Waals surface area (Å²) in [4.78, 5) is 12.2. The van der Waals surface area contributed by atoms with Gasteiger partial charge in [-0.3, -0.25) is 4.79 Å². The van der Waals surface area contributed by atoms with E-state index in [1.54, 1.807) is 25.3 Å². The van der Waals surface area contributed by atoms with Crippen molar-refractivity contribution in [2.45, 2.75) is 70.8 Å². The molecule has 6 nitrogen and oxygen atoms in total. The largest absolute Gasteiger partial charge is 0.464 e. The number of methoxy groups -OCH3 is 2. The molecule has 30 heavy (non-hydrogen) atoms. The number of carbonyl (C=O) groups is 1. The van der Waals surface area contributed by atoms with Crippen molar-refractivity contribution in [3.8, 4) is 11.5 Å². The number of ether oxygens (including phenoxy) is 4. The highest BCUT2D eigenvalue weighted by Gasteiger charge is 2.09. The van der Waals surface area contributed by atoms with Crippen LogP contribution in [0.1, 0.15) is 70.3 Å². The molecule has 0 aliphatic rings. The van der Waals surface area contributed by atoms with Crippen LogP contribution in [0.4, 0.5) is 0 Å². The predicted molar refractivity (Wildman–Crippen MR) is 119 cm³/mol. The molecule has 0 bridgehead atoms. The van der Waals surface area contributed by atoms with Crippen LogP contribution in [0, 0.1) is 0 Å². The molecule has 0 amide bonds. The third-order valence-corrected chi connectivity index (χ3v) is 4.67. The van der Waals surface area contributed by atoms with E-state index >= 15 is 0 Å². The van der Waals surface area contributed by atoms with E-state index in [2.05, 4.69) is 6.92 Å². The molecule has 0 aromatic heterocycles. The Kier molecular flexibility index (Phi) is 14.7. The molecule has 1 aromatic rings. The van der Waals surface area contributed by atoms with E-state index < -0.39 is 6.10 Å². The van der Waals surface area contributed by atoms with E-state index in [-0.39, 0.29) is 25.8 Å². The van der Waals surface area contributed by atoms with Crippen LogP contribution in [-0.2, 0) is 14.3 Å². The van der Waals surface area contributed by atoms with Crippen LogP contribution < -0.4 is 9.47 Å². The fraction of sp³-hybridized carbons (Fsp3) is 0.625. The van der Waals surface area contributed by atoms with Gasteiger partial charge in [0, 0.05) is 20.6 Å². The van der Waals surface area contributed by atoms with Gasteiger partial charge >= 0.3 is 0 Å². The van der Waals surface area contributed by atoms with Crippen molar-refractivity contribution in [3.05, 3.63) is 29.8 Å². The van der Waals surface area contributed by atoms with Crippen LogP contribution in [-0.4, -0.2) is 44.8 Å². The Balaban J connectivity index is 2.45. The Bertz CT molecular complexity index is 614. The van der Waals surface area contributed by atoms with Gasteiger partial charge in [0.05, 0.1) is 6.10 Å². The molecule has 0 radical (unpaired) electrons. The summed E-state index contributed by atoms with van der Waals surface area (Å²) >= 11 is 0. The third-order valence-electron chi connectivity index (χ3n) is 4.67. The summed E-state index contributed by atoms with van der Waals surface area (Å²) < 4.78 is 20.8. The second-order valence-electron chi connectivity index (χ2n) is 7.38. The summed E-state index contributed by atoms with van der Waals surface area (Å²) in [6, 6.07) is 5.34. The van der Waals surface area contributed by atoms with E-state index in [1.165, 1.54) is 45.3 Å². The van der Waals surface area contributed by atoms with E-state index in [9.17, 15) is 9.90 Å². The van der Waals surface area contributed by atoms with Crippen molar-refractivity contribution >= 4 is 11.9 Å². The maximum atomic E-state index is 12.2. The van der Waals surface area contributed by atoms with Gasteiger partial charge in [0.1, 0.15) is 0 Å². The van der Waals surface area contributed by atoms with Crippen molar-refractivity contribution in [1.82, 2.24) is 0 Å². The molecule has 0 aliphatic carbocycles. The van der Waals surface area contributed by atoms with Crippen molar-refractivity contribution in [2.75, 3.05) is 27.8 Å². The zero-order valence-corrected chi connectivity index (χ0v) is 18.7. The van der Waals surface area contributed by atoms with E-state index in [0.29, 0.717) is 17.9 Å². The highest BCUT2D eigenvalue weighted by Crippen LogP contribution is 2.29. The molecule has 1 rings (SSSR count). The maximum Gasteiger partial charge on any atom is 0.188 e. The average molecular weight is 423 g/mol.